The molecule has 0 amide bonds. The SMILES string of the molecule is Cc1ccc2c(c1)C(O)CC1(CCCN(C)C1)O2. The van der Waals surface area contributed by atoms with Gasteiger partial charge in [-0.05, 0) is 45.5 Å². The molecule has 0 aromatic heterocycles. The van der Waals surface area contributed by atoms with Gasteiger partial charge in [-0.2, -0.15) is 0 Å². The van der Waals surface area contributed by atoms with Crippen molar-refractivity contribution in [3.05, 3.63) is 29.3 Å². The summed E-state index contributed by atoms with van der Waals surface area (Å²) in [5.74, 6) is 0.870. The van der Waals surface area contributed by atoms with E-state index in [1.165, 1.54) is 5.56 Å². The summed E-state index contributed by atoms with van der Waals surface area (Å²) >= 11 is 0. The lowest BCUT2D eigenvalue weighted by Crippen LogP contribution is -2.52. The first-order chi connectivity index (χ1) is 8.58. The van der Waals surface area contributed by atoms with Crippen LogP contribution < -0.4 is 4.74 Å². The van der Waals surface area contributed by atoms with Crippen molar-refractivity contribution in [1.29, 1.82) is 0 Å². The molecule has 1 aromatic carbocycles. The number of hydrogen-bond donors (Lipinski definition) is 1. The monoisotopic (exact) mass is 247 g/mol. The molecular formula is C15H21NO2. The maximum Gasteiger partial charge on any atom is 0.126 e. The Hall–Kier alpha value is -1.06. The van der Waals surface area contributed by atoms with Crippen molar-refractivity contribution in [1.82, 2.24) is 4.90 Å². The molecule has 0 saturated carbocycles. The number of likely N-dealkylation sites (tertiary alicyclic amines) is 1. The van der Waals surface area contributed by atoms with E-state index in [9.17, 15) is 5.11 Å². The molecule has 18 heavy (non-hydrogen) atoms. The number of fused-ring (bicyclic) bond motifs is 1. The lowest BCUT2D eigenvalue weighted by molar-refractivity contribution is -0.0554. The number of ether oxygens (including phenoxy) is 1. The predicted octanol–water partition coefficient (Wildman–Crippen LogP) is 2.28. The molecule has 98 valence electrons. The van der Waals surface area contributed by atoms with Gasteiger partial charge in [-0.1, -0.05) is 11.6 Å². The van der Waals surface area contributed by atoms with Crippen LogP contribution in [0.1, 0.15) is 36.5 Å². The van der Waals surface area contributed by atoms with Gasteiger partial charge in [0.25, 0.3) is 0 Å². The Bertz CT molecular complexity index is 460. The third-order valence-corrected chi connectivity index (χ3v) is 4.15. The molecule has 0 radical (unpaired) electrons. The fourth-order valence-corrected chi connectivity index (χ4v) is 3.33. The van der Waals surface area contributed by atoms with Crippen LogP contribution in [0, 0.1) is 6.92 Å². The summed E-state index contributed by atoms with van der Waals surface area (Å²) in [4.78, 5) is 2.30. The third-order valence-electron chi connectivity index (χ3n) is 4.15. The number of piperidine rings is 1. The Kier molecular flexibility index (Phi) is 2.83. The van der Waals surface area contributed by atoms with Crippen molar-refractivity contribution in [2.45, 2.75) is 37.9 Å². The summed E-state index contributed by atoms with van der Waals surface area (Å²) in [5, 5.41) is 10.4. The van der Waals surface area contributed by atoms with Crippen molar-refractivity contribution >= 4 is 0 Å². The van der Waals surface area contributed by atoms with E-state index in [1.807, 2.05) is 19.1 Å². The van der Waals surface area contributed by atoms with Crippen molar-refractivity contribution in [3.63, 3.8) is 0 Å². The maximum absolute atomic E-state index is 10.4. The normalized spacial score (nSPS) is 32.1. The van der Waals surface area contributed by atoms with Gasteiger partial charge in [-0.3, -0.25) is 0 Å². The molecule has 3 heteroatoms. The van der Waals surface area contributed by atoms with E-state index >= 15 is 0 Å². The second-order valence-electron chi connectivity index (χ2n) is 5.89. The van der Waals surface area contributed by atoms with Crippen LogP contribution in [-0.2, 0) is 0 Å². The molecule has 1 aromatic rings. The lowest BCUT2D eigenvalue weighted by atomic mass is 9.82. The van der Waals surface area contributed by atoms with E-state index in [2.05, 4.69) is 18.0 Å². The first-order valence-electron chi connectivity index (χ1n) is 6.74. The number of rotatable bonds is 0. The van der Waals surface area contributed by atoms with Crippen molar-refractivity contribution in [3.8, 4) is 5.75 Å². The van der Waals surface area contributed by atoms with E-state index in [-0.39, 0.29) is 11.7 Å². The quantitative estimate of drug-likeness (QED) is 0.763. The molecule has 0 aliphatic carbocycles. The number of aryl methyl sites for hydroxylation is 1. The van der Waals surface area contributed by atoms with Crippen LogP contribution in [0.4, 0.5) is 0 Å². The van der Waals surface area contributed by atoms with Crippen molar-refractivity contribution in [2.24, 2.45) is 0 Å². The minimum atomic E-state index is -0.389. The van der Waals surface area contributed by atoms with Gasteiger partial charge in [-0.15, -0.1) is 0 Å². The molecule has 0 bridgehead atoms. The Morgan fingerprint density at radius 1 is 1.44 bits per heavy atom. The molecule has 2 heterocycles. The zero-order valence-corrected chi connectivity index (χ0v) is 11.1. The summed E-state index contributed by atoms with van der Waals surface area (Å²) < 4.78 is 6.25. The van der Waals surface area contributed by atoms with Crippen molar-refractivity contribution in [2.75, 3.05) is 20.1 Å². The van der Waals surface area contributed by atoms with E-state index in [4.69, 9.17) is 4.74 Å². The summed E-state index contributed by atoms with van der Waals surface area (Å²) in [6, 6.07) is 6.10. The van der Waals surface area contributed by atoms with E-state index in [0.717, 1.165) is 37.2 Å². The Morgan fingerprint density at radius 3 is 3.06 bits per heavy atom. The number of aliphatic hydroxyl groups excluding tert-OH is 1. The predicted molar refractivity (Wildman–Crippen MR) is 70.8 cm³/mol. The van der Waals surface area contributed by atoms with Gasteiger partial charge in [0.2, 0.25) is 0 Å². The number of aliphatic hydroxyl groups is 1. The highest BCUT2D eigenvalue weighted by Gasteiger charge is 2.42. The first-order valence-corrected chi connectivity index (χ1v) is 6.74. The minimum absolute atomic E-state index is 0.186. The number of benzene rings is 1. The van der Waals surface area contributed by atoms with Gasteiger partial charge in [0.05, 0.1) is 6.10 Å². The topological polar surface area (TPSA) is 32.7 Å². The average Bonchev–Trinajstić information content (AvgIpc) is 2.30. The number of nitrogens with zero attached hydrogens (tertiary/aromatic N) is 1. The zero-order valence-electron chi connectivity index (χ0n) is 11.1. The molecule has 1 spiro atoms. The summed E-state index contributed by atoms with van der Waals surface area (Å²) in [5.41, 5.74) is 1.94. The Labute approximate surface area is 108 Å². The van der Waals surface area contributed by atoms with Crippen LogP contribution in [-0.4, -0.2) is 35.7 Å². The molecule has 3 nitrogen and oxygen atoms in total. The third kappa shape index (κ3) is 2.02. The largest absolute Gasteiger partial charge is 0.485 e. The summed E-state index contributed by atoms with van der Waals surface area (Å²) in [6.45, 7) is 4.09. The highest BCUT2D eigenvalue weighted by Crippen LogP contribution is 2.43. The molecule has 2 atom stereocenters. The molecule has 2 aliphatic rings. The van der Waals surface area contributed by atoms with Crippen LogP contribution in [0.25, 0.3) is 0 Å². The fourth-order valence-electron chi connectivity index (χ4n) is 3.33. The molecule has 1 N–H and O–H groups in total. The summed E-state index contributed by atoms with van der Waals surface area (Å²) in [6.07, 6.45) is 2.51. The van der Waals surface area contributed by atoms with E-state index in [1.54, 1.807) is 0 Å². The van der Waals surface area contributed by atoms with E-state index in [0.29, 0.717) is 6.42 Å². The van der Waals surface area contributed by atoms with Gasteiger partial charge in [0.1, 0.15) is 11.4 Å². The van der Waals surface area contributed by atoms with Crippen LogP contribution in [0.3, 0.4) is 0 Å². The fraction of sp³-hybridized carbons (Fsp3) is 0.600. The lowest BCUT2D eigenvalue weighted by Gasteiger charge is -2.46. The second kappa shape index (κ2) is 4.25. The highest BCUT2D eigenvalue weighted by atomic mass is 16.5. The van der Waals surface area contributed by atoms with Gasteiger partial charge in [-0.25, -0.2) is 0 Å². The van der Waals surface area contributed by atoms with Gasteiger partial charge in [0, 0.05) is 18.5 Å². The Morgan fingerprint density at radius 2 is 2.28 bits per heavy atom. The van der Waals surface area contributed by atoms with Gasteiger partial charge in [0.15, 0.2) is 0 Å². The molecule has 2 unspecified atom stereocenters. The number of hydrogen-bond acceptors (Lipinski definition) is 3. The zero-order chi connectivity index (χ0) is 12.8. The maximum atomic E-state index is 10.4. The molecule has 3 rings (SSSR count). The smallest absolute Gasteiger partial charge is 0.126 e. The van der Waals surface area contributed by atoms with E-state index < -0.39 is 0 Å². The van der Waals surface area contributed by atoms with Crippen LogP contribution in [0.5, 0.6) is 5.75 Å². The summed E-state index contributed by atoms with van der Waals surface area (Å²) in [7, 11) is 2.13. The first kappa shape index (κ1) is 12.0. The van der Waals surface area contributed by atoms with Crippen LogP contribution in [0.15, 0.2) is 18.2 Å². The molecular weight excluding hydrogens is 226 g/mol. The van der Waals surface area contributed by atoms with Gasteiger partial charge < -0.3 is 14.7 Å². The molecule has 1 fully saturated rings. The van der Waals surface area contributed by atoms with Crippen molar-refractivity contribution < 1.29 is 9.84 Å². The van der Waals surface area contributed by atoms with Gasteiger partial charge >= 0.3 is 0 Å². The highest BCUT2D eigenvalue weighted by molar-refractivity contribution is 5.41. The minimum Gasteiger partial charge on any atom is -0.485 e. The average molecular weight is 247 g/mol. The molecule has 1 saturated heterocycles. The number of likely N-dealkylation sites (N-methyl/N-ethyl adjacent to an activating group) is 1. The Balaban J connectivity index is 1.93. The molecule has 2 aliphatic heterocycles. The second-order valence-corrected chi connectivity index (χ2v) is 5.89. The standard InChI is InChI=1S/C15H21NO2/c1-11-4-5-14-12(8-11)13(17)9-15(18-14)6-3-7-16(2)10-15/h4-5,8,13,17H,3,6-7,9-10H2,1-2H3. The van der Waals surface area contributed by atoms with Crippen LogP contribution in [0.2, 0.25) is 0 Å². The van der Waals surface area contributed by atoms with Crippen LogP contribution >= 0.6 is 0 Å².